The summed E-state index contributed by atoms with van der Waals surface area (Å²) in [5.41, 5.74) is -1.67. The highest BCUT2D eigenvalue weighted by Gasteiger charge is 2.11. The number of nitrogens with one attached hydrogen (secondary N) is 2. The predicted octanol–water partition coefficient (Wildman–Crippen LogP) is -1.14. The number of hydrogen-bond donors (Lipinski definition) is 2. The summed E-state index contributed by atoms with van der Waals surface area (Å²) in [5, 5.41) is 5.61. The molecule has 10 nitrogen and oxygen atoms in total. The normalized spacial score (nSPS) is 10.3. The second-order valence-corrected chi connectivity index (χ2v) is 4.41. The lowest BCUT2D eigenvalue weighted by Gasteiger charge is -2.06. The minimum absolute atomic E-state index is 0.126. The fourth-order valence-electron chi connectivity index (χ4n) is 1.22. The van der Waals surface area contributed by atoms with Crippen LogP contribution in [0.15, 0.2) is 19.9 Å². The van der Waals surface area contributed by atoms with Crippen molar-refractivity contribution in [2.24, 2.45) is 7.05 Å². The van der Waals surface area contributed by atoms with Crippen molar-refractivity contribution in [3.63, 3.8) is 0 Å². The van der Waals surface area contributed by atoms with E-state index < -0.39 is 11.1 Å². The first-order valence-electron chi connectivity index (χ1n) is 5.36. The molecule has 2 N–H and O–H groups in total. The van der Waals surface area contributed by atoms with Gasteiger partial charge < -0.3 is 10.1 Å². The van der Waals surface area contributed by atoms with Gasteiger partial charge in [0.25, 0.3) is 0 Å². The number of H-pyrrole nitrogens is 1. The number of ether oxygens (including phenoxy) is 1. The van der Waals surface area contributed by atoms with Gasteiger partial charge in [-0.05, 0) is 11.8 Å². The highest BCUT2D eigenvalue weighted by Crippen LogP contribution is 2.22. The van der Waals surface area contributed by atoms with E-state index >= 15 is 0 Å². The number of hydrogen-bond acceptors (Lipinski definition) is 9. The molecule has 0 aromatic carbocycles. The molecule has 20 heavy (non-hydrogen) atoms. The number of anilines is 1. The van der Waals surface area contributed by atoms with Crippen LogP contribution in [0.1, 0.15) is 0 Å². The topological polar surface area (TPSA) is 128 Å². The smallest absolute Gasteiger partial charge is 0.339 e. The van der Waals surface area contributed by atoms with E-state index in [0.29, 0.717) is 5.95 Å². The molecular weight excluding hydrogens is 286 g/mol. The van der Waals surface area contributed by atoms with Gasteiger partial charge in [-0.1, -0.05) is 0 Å². The lowest BCUT2D eigenvalue weighted by atomic mass is 10.8. The zero-order valence-corrected chi connectivity index (χ0v) is 11.7. The van der Waals surface area contributed by atoms with Crippen LogP contribution in [0.2, 0.25) is 0 Å². The molecule has 0 aliphatic heterocycles. The maximum absolute atomic E-state index is 11.3. The van der Waals surface area contributed by atoms with Crippen molar-refractivity contribution in [2.75, 3.05) is 19.5 Å². The molecule has 2 heterocycles. The lowest BCUT2D eigenvalue weighted by molar-refractivity contribution is 0.373. The Kier molecular flexibility index (Phi) is 3.98. The summed E-state index contributed by atoms with van der Waals surface area (Å²) in [6.45, 7) is 0. The molecule has 11 heteroatoms. The summed E-state index contributed by atoms with van der Waals surface area (Å²) in [6, 6.07) is 0.126. The molecule has 0 saturated carbocycles. The van der Waals surface area contributed by atoms with E-state index in [4.69, 9.17) is 4.74 Å². The van der Waals surface area contributed by atoms with Crippen molar-refractivity contribution in [1.82, 2.24) is 29.7 Å². The minimum atomic E-state index is -0.875. The van der Waals surface area contributed by atoms with Gasteiger partial charge in [-0.25, -0.2) is 0 Å². The standard InChI is InChI=1S/C9H11N7O3S/c1-10-6-12-7(19-3)14-8(13-6)20-9-11-4(17)5(18)15-16(9)2/h1-3H3,(H,15,18)(H,10,12,13,14). The summed E-state index contributed by atoms with van der Waals surface area (Å²) in [7, 11) is 4.63. The molecule has 0 aliphatic carbocycles. The number of nitrogens with zero attached hydrogens (tertiary/aromatic N) is 5. The highest BCUT2D eigenvalue weighted by atomic mass is 32.2. The minimum Gasteiger partial charge on any atom is -0.467 e. The van der Waals surface area contributed by atoms with Crippen molar-refractivity contribution in [1.29, 1.82) is 0 Å². The fraction of sp³-hybridized carbons (Fsp3) is 0.333. The first-order chi connectivity index (χ1) is 9.53. The Bertz CT molecular complexity index is 719. The third-order valence-corrected chi connectivity index (χ3v) is 3.04. The van der Waals surface area contributed by atoms with Crippen LogP contribution < -0.4 is 21.2 Å². The van der Waals surface area contributed by atoms with E-state index in [1.54, 1.807) is 14.1 Å². The van der Waals surface area contributed by atoms with Crippen LogP contribution in [0.5, 0.6) is 6.01 Å². The lowest BCUT2D eigenvalue weighted by Crippen LogP contribution is -2.33. The predicted molar refractivity (Wildman–Crippen MR) is 70.1 cm³/mol. The molecule has 0 saturated heterocycles. The van der Waals surface area contributed by atoms with Crippen LogP contribution in [0.3, 0.4) is 0 Å². The van der Waals surface area contributed by atoms with Gasteiger partial charge in [0.1, 0.15) is 0 Å². The Hall–Kier alpha value is -2.43. The summed E-state index contributed by atoms with van der Waals surface area (Å²) >= 11 is 0.996. The Morgan fingerprint density at radius 2 is 2.00 bits per heavy atom. The second-order valence-electron chi connectivity index (χ2n) is 3.48. The first kappa shape index (κ1) is 14.0. The van der Waals surface area contributed by atoms with Crippen LogP contribution in [-0.4, -0.2) is 43.9 Å². The van der Waals surface area contributed by atoms with Crippen molar-refractivity contribution in [3.8, 4) is 6.01 Å². The molecule has 0 fully saturated rings. The van der Waals surface area contributed by atoms with Crippen LogP contribution in [0.25, 0.3) is 0 Å². The molecule has 0 amide bonds. The molecule has 0 bridgehead atoms. The molecule has 106 valence electrons. The van der Waals surface area contributed by atoms with Crippen LogP contribution in [0, 0.1) is 0 Å². The Labute approximate surface area is 116 Å². The van der Waals surface area contributed by atoms with Crippen molar-refractivity contribution >= 4 is 17.7 Å². The third-order valence-electron chi connectivity index (χ3n) is 2.13. The van der Waals surface area contributed by atoms with E-state index in [1.807, 2.05) is 0 Å². The number of aromatic nitrogens is 6. The van der Waals surface area contributed by atoms with E-state index in [1.165, 1.54) is 11.8 Å². The average Bonchev–Trinajstić information content (AvgIpc) is 2.44. The summed E-state index contributed by atoms with van der Waals surface area (Å²) < 4.78 is 6.26. The molecule has 0 radical (unpaired) electrons. The number of aryl methyl sites for hydroxylation is 1. The van der Waals surface area contributed by atoms with Gasteiger partial charge in [0.15, 0.2) is 5.16 Å². The average molecular weight is 297 g/mol. The summed E-state index contributed by atoms with van der Waals surface area (Å²) in [5.74, 6) is 0.314. The monoisotopic (exact) mass is 297 g/mol. The van der Waals surface area contributed by atoms with Gasteiger partial charge in [-0.15, -0.1) is 0 Å². The van der Waals surface area contributed by atoms with Crippen LogP contribution in [-0.2, 0) is 7.05 Å². The zero-order valence-electron chi connectivity index (χ0n) is 10.9. The zero-order chi connectivity index (χ0) is 14.7. The molecule has 0 atom stereocenters. The largest absolute Gasteiger partial charge is 0.467 e. The third kappa shape index (κ3) is 2.93. The van der Waals surface area contributed by atoms with E-state index in [2.05, 4.69) is 30.4 Å². The highest BCUT2D eigenvalue weighted by molar-refractivity contribution is 7.99. The quantitative estimate of drug-likeness (QED) is 0.672. The molecule has 0 aliphatic rings. The molecule has 0 spiro atoms. The maximum Gasteiger partial charge on any atom is 0.339 e. The van der Waals surface area contributed by atoms with Gasteiger partial charge in [0.2, 0.25) is 11.1 Å². The second kappa shape index (κ2) is 5.69. The number of rotatable bonds is 4. The van der Waals surface area contributed by atoms with Gasteiger partial charge in [0.05, 0.1) is 7.11 Å². The van der Waals surface area contributed by atoms with Gasteiger partial charge in [-0.2, -0.15) is 19.9 Å². The van der Waals surface area contributed by atoms with Crippen LogP contribution >= 0.6 is 11.8 Å². The SMILES string of the molecule is CNc1nc(OC)nc(Sc2nc(=O)c(=O)[nH]n2C)n1. The maximum atomic E-state index is 11.3. The first-order valence-corrected chi connectivity index (χ1v) is 6.18. The summed E-state index contributed by atoms with van der Waals surface area (Å²) in [4.78, 5) is 38.1. The van der Waals surface area contributed by atoms with E-state index in [-0.39, 0.29) is 16.3 Å². The van der Waals surface area contributed by atoms with Crippen molar-refractivity contribution in [3.05, 3.63) is 20.7 Å². The fourth-order valence-corrected chi connectivity index (χ4v) is 1.95. The van der Waals surface area contributed by atoms with Crippen LogP contribution in [0.4, 0.5) is 5.95 Å². The van der Waals surface area contributed by atoms with E-state index in [9.17, 15) is 9.59 Å². The molecule has 0 unspecified atom stereocenters. The van der Waals surface area contributed by atoms with Gasteiger partial charge in [-0.3, -0.25) is 19.4 Å². The number of aromatic amines is 1. The molecule has 2 aromatic heterocycles. The Morgan fingerprint density at radius 1 is 1.25 bits per heavy atom. The Balaban J connectivity index is 2.41. The molecule has 2 rings (SSSR count). The number of methoxy groups -OCH3 is 1. The van der Waals surface area contributed by atoms with E-state index in [0.717, 1.165) is 11.8 Å². The van der Waals surface area contributed by atoms with Crippen molar-refractivity contribution < 1.29 is 4.74 Å². The van der Waals surface area contributed by atoms with Crippen molar-refractivity contribution in [2.45, 2.75) is 10.3 Å². The molecular formula is C9H11N7O3S. The summed E-state index contributed by atoms with van der Waals surface area (Å²) in [6.07, 6.45) is 0. The molecule has 2 aromatic rings. The Morgan fingerprint density at radius 3 is 2.65 bits per heavy atom. The van der Waals surface area contributed by atoms with Gasteiger partial charge >= 0.3 is 17.1 Å². The van der Waals surface area contributed by atoms with Gasteiger partial charge in [0, 0.05) is 14.1 Å².